The first kappa shape index (κ1) is 23.2. The van der Waals surface area contributed by atoms with Gasteiger partial charge in [0, 0.05) is 0 Å². The molecule has 0 bridgehead atoms. The highest BCUT2D eigenvalue weighted by molar-refractivity contribution is 6.32. The van der Waals surface area contributed by atoms with Crippen LogP contribution in [0, 0.1) is 34.6 Å². The van der Waals surface area contributed by atoms with Crippen LogP contribution in [0.3, 0.4) is 0 Å². The Labute approximate surface area is 177 Å². The molecule has 166 valence electrons. The molecule has 0 spiro atoms. The van der Waals surface area contributed by atoms with E-state index in [1.807, 2.05) is 0 Å². The zero-order valence-corrected chi connectivity index (χ0v) is 16.0. The summed E-state index contributed by atoms with van der Waals surface area (Å²) < 4.78 is 66.8. The van der Waals surface area contributed by atoms with Gasteiger partial charge in [-0.3, -0.25) is 0 Å². The van der Waals surface area contributed by atoms with E-state index in [1.165, 1.54) is 0 Å². The van der Waals surface area contributed by atoms with E-state index in [-0.39, 0.29) is 16.3 Å². The maximum Gasteiger partial charge on any atom is 0.229 e. The summed E-state index contributed by atoms with van der Waals surface area (Å²) in [6.45, 7) is -0.703. The fourth-order valence-corrected chi connectivity index (χ4v) is 3.25. The smallest absolute Gasteiger partial charge is 0.229 e. The van der Waals surface area contributed by atoms with Crippen molar-refractivity contribution in [3.05, 3.63) is 52.1 Å². The van der Waals surface area contributed by atoms with Gasteiger partial charge in [0.1, 0.15) is 41.8 Å². The van der Waals surface area contributed by atoms with Gasteiger partial charge in [-0.2, -0.15) is 5.26 Å². The minimum Gasteiger partial charge on any atom is -0.460 e. The predicted octanol–water partition coefficient (Wildman–Crippen LogP) is 1.61. The van der Waals surface area contributed by atoms with Crippen LogP contribution in [-0.4, -0.2) is 57.7 Å². The summed E-state index contributed by atoms with van der Waals surface area (Å²) in [6, 6.07) is 3.99. The van der Waals surface area contributed by atoms with E-state index in [1.54, 1.807) is 0 Å². The molecule has 1 heterocycles. The van der Waals surface area contributed by atoms with E-state index >= 15 is 0 Å². The number of aliphatic hydroxyl groups excluding tert-OH is 4. The Morgan fingerprint density at radius 1 is 1.00 bits per heavy atom. The third-order valence-electron chi connectivity index (χ3n) is 4.69. The van der Waals surface area contributed by atoms with Crippen molar-refractivity contribution in [3.8, 4) is 22.9 Å². The quantitative estimate of drug-likeness (QED) is 0.401. The summed E-state index contributed by atoms with van der Waals surface area (Å²) in [5.41, 5.74) is -2.90. The third-order valence-corrected chi connectivity index (χ3v) is 4.98. The molecule has 7 nitrogen and oxygen atoms in total. The maximum absolute atomic E-state index is 14.3. The molecular weight excluding hydrogens is 450 g/mol. The van der Waals surface area contributed by atoms with Crippen LogP contribution in [0.1, 0.15) is 5.56 Å². The number of nitrogens with zero attached hydrogens (tertiary/aromatic N) is 1. The van der Waals surface area contributed by atoms with Gasteiger partial charge in [0.15, 0.2) is 23.3 Å². The van der Waals surface area contributed by atoms with Gasteiger partial charge in [0.25, 0.3) is 0 Å². The van der Waals surface area contributed by atoms with Crippen molar-refractivity contribution in [2.24, 2.45) is 0 Å². The molecule has 1 aliphatic heterocycles. The van der Waals surface area contributed by atoms with Crippen molar-refractivity contribution in [2.75, 3.05) is 6.61 Å². The Morgan fingerprint density at radius 3 is 2.13 bits per heavy atom. The Hall–Kier alpha value is -2.46. The van der Waals surface area contributed by atoms with Crippen molar-refractivity contribution < 1.29 is 47.5 Å². The fraction of sp³-hybridized carbons (Fsp3) is 0.316. The zero-order valence-electron chi connectivity index (χ0n) is 15.3. The predicted molar refractivity (Wildman–Crippen MR) is 95.8 cm³/mol. The summed E-state index contributed by atoms with van der Waals surface area (Å²) >= 11 is 6.02. The number of benzene rings is 2. The highest BCUT2D eigenvalue weighted by Crippen LogP contribution is 2.37. The zero-order chi connectivity index (χ0) is 23.0. The lowest BCUT2D eigenvalue weighted by atomic mass is 9.99. The molecule has 2 aromatic rings. The lowest BCUT2D eigenvalue weighted by Gasteiger charge is -2.39. The molecule has 1 fully saturated rings. The van der Waals surface area contributed by atoms with Gasteiger partial charge in [0.2, 0.25) is 6.29 Å². The van der Waals surface area contributed by atoms with Gasteiger partial charge >= 0.3 is 0 Å². The molecule has 3 rings (SSSR count). The van der Waals surface area contributed by atoms with E-state index in [4.69, 9.17) is 26.3 Å². The number of ether oxygens (including phenoxy) is 2. The minimum atomic E-state index is -1.87. The molecule has 12 heteroatoms. The second-order valence-corrected chi connectivity index (χ2v) is 6.99. The number of rotatable bonds is 4. The van der Waals surface area contributed by atoms with Crippen LogP contribution in [0.4, 0.5) is 17.6 Å². The third kappa shape index (κ3) is 4.06. The van der Waals surface area contributed by atoms with Gasteiger partial charge in [-0.25, -0.2) is 17.6 Å². The molecular formula is C19H14ClF4NO6. The fourth-order valence-electron chi connectivity index (χ4n) is 3.03. The van der Waals surface area contributed by atoms with E-state index in [2.05, 4.69) is 0 Å². The van der Waals surface area contributed by atoms with Crippen LogP contribution >= 0.6 is 11.6 Å². The highest BCUT2D eigenvalue weighted by atomic mass is 35.5. The molecule has 4 N–H and O–H groups in total. The molecule has 0 radical (unpaired) electrons. The molecule has 1 aliphatic rings. The summed E-state index contributed by atoms with van der Waals surface area (Å²) in [5.74, 6) is -7.54. The van der Waals surface area contributed by atoms with Crippen molar-refractivity contribution in [3.63, 3.8) is 0 Å². The Kier molecular flexibility index (Phi) is 6.70. The Bertz CT molecular complexity index is 1020. The lowest BCUT2D eigenvalue weighted by molar-refractivity contribution is -0.277. The van der Waals surface area contributed by atoms with Crippen molar-refractivity contribution in [1.82, 2.24) is 0 Å². The van der Waals surface area contributed by atoms with Gasteiger partial charge < -0.3 is 29.9 Å². The molecule has 31 heavy (non-hydrogen) atoms. The SMILES string of the molecule is N#Cc1c(F)c(F)c(-c2ccc(O[C@H]3O[C@H](CO)[C@@H](O)[C@H](O)[C@@H]3O)c(Cl)c2)c(F)c1F. The number of hydrogen-bond acceptors (Lipinski definition) is 7. The lowest BCUT2D eigenvalue weighted by Crippen LogP contribution is -2.60. The van der Waals surface area contributed by atoms with E-state index < -0.39 is 71.7 Å². The minimum absolute atomic E-state index is 0.217. The molecule has 1 saturated heterocycles. The first-order valence-electron chi connectivity index (χ1n) is 8.65. The largest absolute Gasteiger partial charge is 0.460 e. The maximum atomic E-state index is 14.3. The van der Waals surface area contributed by atoms with Crippen LogP contribution in [0.5, 0.6) is 5.75 Å². The average molecular weight is 464 g/mol. The average Bonchev–Trinajstić information content (AvgIpc) is 2.75. The summed E-state index contributed by atoms with van der Waals surface area (Å²) in [7, 11) is 0. The van der Waals surface area contributed by atoms with Crippen LogP contribution in [0.15, 0.2) is 18.2 Å². The number of aliphatic hydroxyl groups is 4. The van der Waals surface area contributed by atoms with E-state index in [0.29, 0.717) is 0 Å². The molecule has 0 unspecified atom stereocenters. The Morgan fingerprint density at radius 2 is 1.61 bits per heavy atom. The van der Waals surface area contributed by atoms with E-state index in [0.717, 1.165) is 24.3 Å². The molecule has 2 aromatic carbocycles. The van der Waals surface area contributed by atoms with E-state index in [9.17, 15) is 38.0 Å². The standard InChI is InChI=1S/C19H14ClF4NO6/c20-8-3-6(11-14(23)12(21)7(4-25)13(22)15(11)24)1-2-9(8)30-19-18(29)17(28)16(27)10(5-26)31-19/h1-3,10,16-19,26-29H,5H2/t10-,16-,17+,18+,19+/m1/s1. The summed E-state index contributed by atoms with van der Waals surface area (Å²) in [4.78, 5) is 0. The van der Waals surface area contributed by atoms with Crippen LogP contribution < -0.4 is 4.74 Å². The monoisotopic (exact) mass is 463 g/mol. The van der Waals surface area contributed by atoms with Gasteiger partial charge in [-0.15, -0.1) is 0 Å². The number of hydrogen-bond donors (Lipinski definition) is 4. The number of nitriles is 1. The molecule has 0 aliphatic carbocycles. The first-order valence-corrected chi connectivity index (χ1v) is 9.03. The van der Waals surface area contributed by atoms with Crippen molar-refractivity contribution in [1.29, 1.82) is 5.26 Å². The molecule has 5 atom stereocenters. The summed E-state index contributed by atoms with van der Waals surface area (Å²) in [6.07, 6.45) is -7.93. The topological polar surface area (TPSA) is 123 Å². The normalized spacial score (nSPS) is 25.9. The Balaban J connectivity index is 1.94. The van der Waals surface area contributed by atoms with Crippen molar-refractivity contribution in [2.45, 2.75) is 30.7 Å². The second-order valence-electron chi connectivity index (χ2n) is 6.58. The van der Waals surface area contributed by atoms with Crippen molar-refractivity contribution >= 4 is 11.6 Å². The van der Waals surface area contributed by atoms with Gasteiger partial charge in [-0.05, 0) is 17.7 Å². The molecule has 0 saturated carbocycles. The molecule has 0 aromatic heterocycles. The second kappa shape index (κ2) is 8.96. The van der Waals surface area contributed by atoms with Crippen LogP contribution in [0.25, 0.3) is 11.1 Å². The first-order chi connectivity index (χ1) is 14.6. The number of halogens is 5. The summed E-state index contributed by atoms with van der Waals surface area (Å²) in [5, 5.41) is 47.1. The van der Waals surface area contributed by atoms with Gasteiger partial charge in [-0.1, -0.05) is 17.7 Å². The van der Waals surface area contributed by atoms with Crippen LogP contribution in [0.2, 0.25) is 5.02 Å². The van der Waals surface area contributed by atoms with Gasteiger partial charge in [0.05, 0.1) is 17.2 Å². The van der Waals surface area contributed by atoms with Crippen LogP contribution in [-0.2, 0) is 4.74 Å². The molecule has 0 amide bonds. The highest BCUT2D eigenvalue weighted by Gasteiger charge is 2.44.